The summed E-state index contributed by atoms with van der Waals surface area (Å²) in [5.74, 6) is 2.89. The molecule has 38 heavy (non-hydrogen) atoms. The standard InChI is InChI=1S/C28H30N8O2/c1-17-11-19(5-8-24(17)38-20-6-7-23-21(12-20)32-16-35(23)4)33-26-25-22(30-15-31-26)13-29-27(34-25)36-10-9-18(14-36)28(2,3)37/h5-8,11-13,15-16,18,37H,9-10,14H2,1-4H3,(H,30,31,33)/t18-/m0/s1. The molecular weight excluding hydrogens is 480 g/mol. The molecule has 0 spiro atoms. The highest BCUT2D eigenvalue weighted by atomic mass is 16.5. The number of rotatable bonds is 6. The monoisotopic (exact) mass is 510 g/mol. The van der Waals surface area contributed by atoms with Gasteiger partial charge in [0.1, 0.15) is 28.9 Å². The van der Waals surface area contributed by atoms with Gasteiger partial charge in [0.2, 0.25) is 5.95 Å². The number of aliphatic hydroxyl groups is 1. The second-order valence-electron chi connectivity index (χ2n) is 10.4. The van der Waals surface area contributed by atoms with E-state index < -0.39 is 5.60 Å². The summed E-state index contributed by atoms with van der Waals surface area (Å²) in [4.78, 5) is 24.7. The van der Waals surface area contributed by atoms with Crippen LogP contribution in [-0.4, -0.2) is 53.3 Å². The van der Waals surface area contributed by atoms with Crippen LogP contribution in [0.25, 0.3) is 22.1 Å². The maximum absolute atomic E-state index is 10.4. The van der Waals surface area contributed by atoms with Crippen molar-refractivity contribution in [1.82, 2.24) is 29.5 Å². The van der Waals surface area contributed by atoms with Crippen molar-refractivity contribution in [1.29, 1.82) is 0 Å². The minimum absolute atomic E-state index is 0.168. The Bertz CT molecular complexity index is 1640. The van der Waals surface area contributed by atoms with Gasteiger partial charge in [0.15, 0.2) is 5.82 Å². The second-order valence-corrected chi connectivity index (χ2v) is 10.4. The Morgan fingerprint density at radius 2 is 1.92 bits per heavy atom. The third-order valence-corrected chi connectivity index (χ3v) is 7.20. The van der Waals surface area contributed by atoms with Gasteiger partial charge in [-0.05, 0) is 63.1 Å². The van der Waals surface area contributed by atoms with E-state index in [-0.39, 0.29) is 5.92 Å². The number of hydrogen-bond donors (Lipinski definition) is 2. The highest BCUT2D eigenvalue weighted by Crippen LogP contribution is 2.32. The van der Waals surface area contributed by atoms with Gasteiger partial charge in [-0.25, -0.2) is 24.9 Å². The van der Waals surface area contributed by atoms with Gasteiger partial charge in [-0.15, -0.1) is 0 Å². The fourth-order valence-corrected chi connectivity index (χ4v) is 4.89. The van der Waals surface area contributed by atoms with Crippen LogP contribution < -0.4 is 15.0 Å². The highest BCUT2D eigenvalue weighted by molar-refractivity contribution is 5.87. The molecule has 2 N–H and O–H groups in total. The summed E-state index contributed by atoms with van der Waals surface area (Å²) in [6.45, 7) is 7.22. The number of benzene rings is 2. The van der Waals surface area contributed by atoms with Gasteiger partial charge in [0, 0.05) is 37.8 Å². The summed E-state index contributed by atoms with van der Waals surface area (Å²) >= 11 is 0. The van der Waals surface area contributed by atoms with Crippen LogP contribution in [0, 0.1) is 12.8 Å². The smallest absolute Gasteiger partial charge is 0.226 e. The van der Waals surface area contributed by atoms with Gasteiger partial charge in [0.25, 0.3) is 0 Å². The first-order chi connectivity index (χ1) is 18.2. The van der Waals surface area contributed by atoms with Gasteiger partial charge in [0.05, 0.1) is 29.2 Å². The molecule has 1 aliphatic rings. The lowest BCUT2D eigenvalue weighted by Crippen LogP contribution is -2.33. The number of aryl methyl sites for hydroxylation is 2. The number of anilines is 3. The first kappa shape index (κ1) is 24.1. The Balaban J connectivity index is 1.23. The Kier molecular flexibility index (Phi) is 5.83. The van der Waals surface area contributed by atoms with Crippen LogP contribution in [-0.2, 0) is 7.05 Å². The lowest BCUT2D eigenvalue weighted by Gasteiger charge is -2.25. The first-order valence-corrected chi connectivity index (χ1v) is 12.7. The summed E-state index contributed by atoms with van der Waals surface area (Å²) < 4.78 is 8.14. The average molecular weight is 511 g/mol. The van der Waals surface area contributed by atoms with Crippen LogP contribution in [0.5, 0.6) is 11.5 Å². The largest absolute Gasteiger partial charge is 0.457 e. The number of ether oxygens (including phenoxy) is 1. The molecule has 6 rings (SSSR count). The predicted octanol–water partition coefficient (Wildman–Crippen LogP) is 4.75. The number of nitrogens with zero attached hydrogens (tertiary/aromatic N) is 7. The zero-order valence-electron chi connectivity index (χ0n) is 21.9. The maximum atomic E-state index is 10.4. The van der Waals surface area contributed by atoms with Gasteiger partial charge >= 0.3 is 0 Å². The molecule has 2 aromatic carbocycles. The van der Waals surface area contributed by atoms with Crippen LogP contribution >= 0.6 is 0 Å². The molecule has 1 saturated heterocycles. The normalized spacial score (nSPS) is 15.9. The van der Waals surface area contributed by atoms with Gasteiger partial charge in [-0.3, -0.25) is 0 Å². The van der Waals surface area contributed by atoms with Crippen molar-refractivity contribution >= 4 is 39.5 Å². The van der Waals surface area contributed by atoms with Crippen molar-refractivity contribution in [3.63, 3.8) is 0 Å². The molecule has 10 heteroatoms. The lowest BCUT2D eigenvalue weighted by atomic mass is 9.91. The molecule has 4 heterocycles. The predicted molar refractivity (Wildman–Crippen MR) is 147 cm³/mol. The Morgan fingerprint density at radius 1 is 1.05 bits per heavy atom. The Hall–Kier alpha value is -4.31. The van der Waals surface area contributed by atoms with Crippen LogP contribution in [0.15, 0.2) is 55.2 Å². The quantitative estimate of drug-likeness (QED) is 0.334. The van der Waals surface area contributed by atoms with Gasteiger partial charge < -0.3 is 24.6 Å². The SMILES string of the molecule is Cc1cc(Nc2ncnc3cnc(N4CC[C@H](C(C)(C)O)C4)nc23)ccc1Oc1ccc2c(c1)ncn2C. The molecule has 0 aliphatic carbocycles. The fraction of sp³-hybridized carbons (Fsp3) is 0.321. The van der Waals surface area contributed by atoms with E-state index in [1.807, 2.05) is 68.8 Å². The molecule has 1 fully saturated rings. The van der Waals surface area contributed by atoms with Crippen molar-refractivity contribution in [3.05, 3.63) is 60.8 Å². The van der Waals surface area contributed by atoms with E-state index in [0.29, 0.717) is 29.3 Å². The van der Waals surface area contributed by atoms with E-state index in [1.54, 1.807) is 12.5 Å². The number of fused-ring (bicyclic) bond motifs is 2. The Labute approximate surface area is 220 Å². The number of nitrogens with one attached hydrogen (secondary N) is 1. The minimum Gasteiger partial charge on any atom is -0.457 e. The third-order valence-electron chi connectivity index (χ3n) is 7.20. The van der Waals surface area contributed by atoms with Crippen molar-refractivity contribution in [2.24, 2.45) is 13.0 Å². The number of hydrogen-bond acceptors (Lipinski definition) is 9. The van der Waals surface area contributed by atoms with Crippen molar-refractivity contribution < 1.29 is 9.84 Å². The van der Waals surface area contributed by atoms with E-state index in [9.17, 15) is 5.11 Å². The molecule has 0 saturated carbocycles. The van der Waals surface area contributed by atoms with Gasteiger partial charge in [-0.1, -0.05) is 0 Å². The molecule has 0 bridgehead atoms. The topological polar surface area (TPSA) is 114 Å². The van der Waals surface area contributed by atoms with Crippen LogP contribution in [0.1, 0.15) is 25.8 Å². The summed E-state index contributed by atoms with van der Waals surface area (Å²) in [6.07, 6.45) is 5.92. The van der Waals surface area contributed by atoms with Crippen molar-refractivity contribution in [2.75, 3.05) is 23.3 Å². The maximum Gasteiger partial charge on any atom is 0.226 e. The van der Waals surface area contributed by atoms with E-state index in [2.05, 4.69) is 30.2 Å². The van der Waals surface area contributed by atoms with Crippen LogP contribution in [0.3, 0.4) is 0 Å². The molecule has 1 aliphatic heterocycles. The van der Waals surface area contributed by atoms with E-state index in [0.717, 1.165) is 46.7 Å². The summed E-state index contributed by atoms with van der Waals surface area (Å²) in [5, 5.41) is 13.8. The second kappa shape index (κ2) is 9.21. The van der Waals surface area contributed by atoms with Crippen LogP contribution in [0.2, 0.25) is 0 Å². The molecular formula is C28H30N8O2. The molecule has 3 aromatic heterocycles. The van der Waals surface area contributed by atoms with E-state index in [4.69, 9.17) is 9.72 Å². The average Bonchev–Trinajstić information content (AvgIpc) is 3.53. The zero-order chi connectivity index (χ0) is 26.4. The summed E-state index contributed by atoms with van der Waals surface area (Å²) in [5.41, 5.74) is 4.34. The zero-order valence-corrected chi connectivity index (χ0v) is 21.9. The van der Waals surface area contributed by atoms with E-state index in [1.165, 1.54) is 6.33 Å². The van der Waals surface area contributed by atoms with E-state index >= 15 is 0 Å². The molecule has 10 nitrogen and oxygen atoms in total. The Morgan fingerprint density at radius 3 is 2.71 bits per heavy atom. The summed E-state index contributed by atoms with van der Waals surface area (Å²) in [6, 6.07) is 11.8. The molecule has 1 atom stereocenters. The highest BCUT2D eigenvalue weighted by Gasteiger charge is 2.34. The molecule has 0 amide bonds. The third kappa shape index (κ3) is 4.58. The number of imidazole rings is 1. The van der Waals surface area contributed by atoms with Crippen LogP contribution in [0.4, 0.5) is 17.5 Å². The molecule has 0 unspecified atom stereocenters. The first-order valence-electron chi connectivity index (χ1n) is 12.7. The van der Waals surface area contributed by atoms with Crippen molar-refractivity contribution in [2.45, 2.75) is 32.8 Å². The minimum atomic E-state index is -0.736. The fourth-order valence-electron chi connectivity index (χ4n) is 4.89. The molecule has 5 aromatic rings. The summed E-state index contributed by atoms with van der Waals surface area (Å²) in [7, 11) is 1.97. The van der Waals surface area contributed by atoms with Crippen molar-refractivity contribution in [3.8, 4) is 11.5 Å². The number of aromatic nitrogens is 6. The lowest BCUT2D eigenvalue weighted by molar-refractivity contribution is 0.0263. The molecule has 0 radical (unpaired) electrons. The molecule has 194 valence electrons. The van der Waals surface area contributed by atoms with Gasteiger partial charge in [-0.2, -0.15) is 0 Å².